The van der Waals surface area contributed by atoms with Gasteiger partial charge in [0, 0.05) is 12.1 Å². The lowest BCUT2D eigenvalue weighted by Crippen LogP contribution is -2.36. The van der Waals surface area contributed by atoms with Gasteiger partial charge in [-0.25, -0.2) is 4.79 Å². The number of aliphatic carboxylic acids is 1. The number of carbonyl (C=O) groups is 1. The van der Waals surface area contributed by atoms with Crippen LogP contribution in [-0.2, 0) is 4.79 Å². The maximum absolute atomic E-state index is 12.9. The molecule has 0 heterocycles. The highest BCUT2D eigenvalue weighted by atomic mass is 19.3. The van der Waals surface area contributed by atoms with Gasteiger partial charge < -0.3 is 10.4 Å². The molecular weight excluding hydrogens is 284 g/mol. The van der Waals surface area contributed by atoms with Crippen LogP contribution in [0.3, 0.4) is 0 Å². The standard InChI is InChI=1S/C9H7F2N3O6/c10-9(11,8(15)16)4-12-7-5(13(17)18)2-1-3-6(7)14(19)20/h1-3,12H,4H2,(H,15,16). The molecule has 0 aliphatic rings. The van der Waals surface area contributed by atoms with Crippen molar-refractivity contribution in [1.29, 1.82) is 0 Å². The molecular formula is C9H7F2N3O6. The van der Waals surface area contributed by atoms with E-state index in [-0.39, 0.29) is 0 Å². The van der Waals surface area contributed by atoms with Gasteiger partial charge in [-0.1, -0.05) is 0 Å². The monoisotopic (exact) mass is 291 g/mol. The molecule has 0 amide bonds. The number of nitrogens with one attached hydrogen (secondary N) is 1. The SMILES string of the molecule is O=C(O)C(F)(F)CNc1c([N+](=O)[O-])cccc1[N+](=O)[O-]. The molecule has 9 nitrogen and oxygen atoms in total. The largest absolute Gasteiger partial charge is 0.477 e. The Morgan fingerprint density at radius 1 is 1.25 bits per heavy atom. The van der Waals surface area contributed by atoms with Crippen LogP contribution < -0.4 is 5.32 Å². The minimum Gasteiger partial charge on any atom is -0.477 e. The van der Waals surface area contributed by atoms with Crippen LogP contribution in [0.5, 0.6) is 0 Å². The van der Waals surface area contributed by atoms with Gasteiger partial charge in [0.05, 0.1) is 16.4 Å². The van der Waals surface area contributed by atoms with Crippen molar-refractivity contribution in [3.05, 3.63) is 38.4 Å². The zero-order valence-electron chi connectivity index (χ0n) is 9.58. The van der Waals surface area contributed by atoms with E-state index in [4.69, 9.17) is 5.11 Å². The number of hydrogen-bond acceptors (Lipinski definition) is 6. The van der Waals surface area contributed by atoms with Gasteiger partial charge in [0.1, 0.15) is 0 Å². The Balaban J connectivity index is 3.18. The molecule has 11 heteroatoms. The average Bonchev–Trinajstić information content (AvgIpc) is 2.35. The second-order valence-corrected chi connectivity index (χ2v) is 3.55. The van der Waals surface area contributed by atoms with Crippen molar-refractivity contribution in [2.24, 2.45) is 0 Å². The minimum atomic E-state index is -4.22. The van der Waals surface area contributed by atoms with E-state index in [1.807, 2.05) is 0 Å². The number of anilines is 1. The summed E-state index contributed by atoms with van der Waals surface area (Å²) in [6.45, 7) is -1.52. The maximum atomic E-state index is 12.9. The molecule has 0 radical (unpaired) electrons. The number of nitrogens with zero attached hydrogens (tertiary/aromatic N) is 2. The first kappa shape index (κ1) is 15.2. The molecule has 0 unspecified atom stereocenters. The van der Waals surface area contributed by atoms with Crippen LogP contribution in [0.1, 0.15) is 0 Å². The lowest BCUT2D eigenvalue weighted by molar-refractivity contribution is -0.392. The van der Waals surface area contributed by atoms with Gasteiger partial charge >= 0.3 is 11.9 Å². The molecule has 0 aliphatic heterocycles. The summed E-state index contributed by atoms with van der Waals surface area (Å²) in [5.41, 5.74) is -2.38. The van der Waals surface area contributed by atoms with E-state index in [2.05, 4.69) is 0 Å². The minimum absolute atomic E-state index is 0.775. The summed E-state index contributed by atoms with van der Waals surface area (Å²) in [6, 6.07) is 2.75. The van der Waals surface area contributed by atoms with E-state index in [1.165, 1.54) is 0 Å². The molecule has 0 atom stereocenters. The molecule has 2 N–H and O–H groups in total. The number of hydrogen-bond donors (Lipinski definition) is 2. The summed E-state index contributed by atoms with van der Waals surface area (Å²) >= 11 is 0. The second kappa shape index (κ2) is 5.42. The fourth-order valence-electron chi connectivity index (χ4n) is 1.29. The third-order valence-corrected chi connectivity index (χ3v) is 2.21. The van der Waals surface area contributed by atoms with Crippen LogP contribution in [0.4, 0.5) is 25.8 Å². The fraction of sp³-hybridized carbons (Fsp3) is 0.222. The summed E-state index contributed by atoms with van der Waals surface area (Å²) in [5, 5.41) is 31.4. The molecule has 0 aliphatic carbocycles. The van der Waals surface area contributed by atoms with Crippen molar-refractivity contribution < 1.29 is 28.5 Å². The third kappa shape index (κ3) is 3.13. The van der Waals surface area contributed by atoms with Gasteiger partial charge in [0.25, 0.3) is 11.4 Å². The van der Waals surface area contributed by atoms with E-state index in [9.17, 15) is 33.8 Å². The highest BCUT2D eigenvalue weighted by Gasteiger charge is 2.40. The van der Waals surface area contributed by atoms with E-state index in [0.29, 0.717) is 0 Å². The first-order valence-electron chi connectivity index (χ1n) is 4.93. The zero-order valence-corrected chi connectivity index (χ0v) is 9.58. The highest BCUT2D eigenvalue weighted by Crippen LogP contribution is 2.34. The zero-order chi connectivity index (χ0) is 15.5. The van der Waals surface area contributed by atoms with Crippen molar-refractivity contribution >= 4 is 23.0 Å². The lowest BCUT2D eigenvalue weighted by Gasteiger charge is -2.13. The quantitative estimate of drug-likeness (QED) is 0.600. The Morgan fingerprint density at radius 3 is 2.05 bits per heavy atom. The van der Waals surface area contributed by atoms with E-state index in [0.717, 1.165) is 18.2 Å². The van der Waals surface area contributed by atoms with E-state index < -0.39 is 45.3 Å². The molecule has 108 valence electrons. The Bertz CT molecular complexity index is 545. The highest BCUT2D eigenvalue weighted by molar-refractivity contribution is 5.78. The Labute approximate surface area is 109 Å². The summed E-state index contributed by atoms with van der Waals surface area (Å²) in [5.74, 6) is -6.68. The molecule has 1 aromatic carbocycles. The van der Waals surface area contributed by atoms with Gasteiger partial charge in [-0.2, -0.15) is 8.78 Å². The topological polar surface area (TPSA) is 136 Å². The van der Waals surface area contributed by atoms with Crippen LogP contribution >= 0.6 is 0 Å². The fourth-order valence-corrected chi connectivity index (χ4v) is 1.29. The van der Waals surface area contributed by atoms with Gasteiger partial charge in [0.2, 0.25) is 0 Å². The summed E-state index contributed by atoms with van der Waals surface area (Å²) < 4.78 is 25.8. The first-order chi connectivity index (χ1) is 9.16. The maximum Gasteiger partial charge on any atom is 0.376 e. The van der Waals surface area contributed by atoms with Crippen LogP contribution in [0, 0.1) is 20.2 Å². The number of nitro groups is 2. The summed E-state index contributed by atoms with van der Waals surface area (Å²) in [6.07, 6.45) is 0. The average molecular weight is 291 g/mol. The summed E-state index contributed by atoms with van der Waals surface area (Å²) in [4.78, 5) is 29.6. The van der Waals surface area contributed by atoms with Crippen LogP contribution in [0.15, 0.2) is 18.2 Å². The third-order valence-electron chi connectivity index (χ3n) is 2.21. The molecule has 0 saturated heterocycles. The van der Waals surface area contributed by atoms with Gasteiger partial charge in [0.15, 0.2) is 5.69 Å². The molecule has 0 spiro atoms. The molecule has 0 fully saturated rings. The van der Waals surface area contributed by atoms with E-state index in [1.54, 1.807) is 5.32 Å². The first-order valence-corrected chi connectivity index (χ1v) is 4.93. The number of alkyl halides is 2. The number of rotatable bonds is 6. The number of para-hydroxylation sites is 1. The van der Waals surface area contributed by atoms with Gasteiger partial charge in [-0.05, 0) is 6.07 Å². The smallest absolute Gasteiger partial charge is 0.376 e. The van der Waals surface area contributed by atoms with Crippen molar-refractivity contribution in [3.63, 3.8) is 0 Å². The normalized spacial score (nSPS) is 10.9. The number of nitro benzene ring substituents is 2. The predicted octanol–water partition coefficient (Wildman–Crippen LogP) is 1.63. The molecule has 1 rings (SSSR count). The van der Waals surface area contributed by atoms with Gasteiger partial charge in [-0.15, -0.1) is 0 Å². The number of carboxylic acid groups (broad SMARTS) is 1. The Morgan fingerprint density at radius 2 is 1.70 bits per heavy atom. The van der Waals surface area contributed by atoms with Crippen molar-refractivity contribution in [1.82, 2.24) is 0 Å². The number of benzene rings is 1. The lowest BCUT2D eigenvalue weighted by atomic mass is 10.2. The molecule has 0 bridgehead atoms. The molecule has 0 aromatic heterocycles. The Kier molecular flexibility index (Phi) is 4.12. The van der Waals surface area contributed by atoms with Gasteiger partial charge in [-0.3, -0.25) is 20.2 Å². The summed E-state index contributed by atoms with van der Waals surface area (Å²) in [7, 11) is 0. The molecule has 0 saturated carbocycles. The van der Waals surface area contributed by atoms with Crippen molar-refractivity contribution in [3.8, 4) is 0 Å². The number of halogens is 2. The Hall–Kier alpha value is -2.85. The number of carboxylic acids is 1. The van der Waals surface area contributed by atoms with Crippen LogP contribution in [0.2, 0.25) is 0 Å². The molecule has 1 aromatic rings. The second-order valence-electron chi connectivity index (χ2n) is 3.55. The van der Waals surface area contributed by atoms with Crippen molar-refractivity contribution in [2.45, 2.75) is 5.92 Å². The van der Waals surface area contributed by atoms with E-state index >= 15 is 0 Å². The van der Waals surface area contributed by atoms with Crippen molar-refractivity contribution in [2.75, 3.05) is 11.9 Å². The van der Waals surface area contributed by atoms with Crippen LogP contribution in [-0.4, -0.2) is 33.4 Å². The molecule has 20 heavy (non-hydrogen) atoms. The predicted molar refractivity (Wildman–Crippen MR) is 60.8 cm³/mol. The van der Waals surface area contributed by atoms with Crippen LogP contribution in [0.25, 0.3) is 0 Å².